The van der Waals surface area contributed by atoms with Gasteiger partial charge in [-0.2, -0.15) is 0 Å². The maximum absolute atomic E-state index is 12.4. The summed E-state index contributed by atoms with van der Waals surface area (Å²) in [5.74, 6) is -0.454. The van der Waals surface area contributed by atoms with E-state index in [0.29, 0.717) is 36.8 Å². The van der Waals surface area contributed by atoms with Crippen LogP contribution in [0.25, 0.3) is 0 Å². The topological polar surface area (TPSA) is 89.7 Å². The highest BCUT2D eigenvalue weighted by molar-refractivity contribution is 6.21. The summed E-state index contributed by atoms with van der Waals surface area (Å²) in [5, 5.41) is 0. The summed E-state index contributed by atoms with van der Waals surface area (Å²) in [7, 11) is 0. The van der Waals surface area contributed by atoms with Crippen molar-refractivity contribution in [2.75, 3.05) is 0 Å². The Morgan fingerprint density at radius 3 is 2.05 bits per heavy atom. The fourth-order valence-corrected chi connectivity index (χ4v) is 3.13. The maximum Gasteiger partial charge on any atom is 0.404 e. The van der Waals surface area contributed by atoms with Crippen molar-refractivity contribution < 1.29 is 19.1 Å². The highest BCUT2D eigenvalue weighted by atomic mass is 16.6. The molecule has 0 atom stereocenters. The molecule has 0 saturated heterocycles. The van der Waals surface area contributed by atoms with Crippen LogP contribution < -0.4 is 5.73 Å². The molecule has 2 aliphatic rings. The Balaban J connectivity index is 1.71. The van der Waals surface area contributed by atoms with Crippen LogP contribution in [0.15, 0.2) is 24.3 Å². The molecule has 0 aromatic heterocycles. The lowest BCUT2D eigenvalue weighted by molar-refractivity contribution is 0.0393. The number of hydrogen-bond donors (Lipinski definition) is 1. The van der Waals surface area contributed by atoms with E-state index in [0.717, 1.165) is 0 Å². The van der Waals surface area contributed by atoms with E-state index in [9.17, 15) is 14.4 Å². The zero-order chi connectivity index (χ0) is 15.0. The Bertz CT molecular complexity index is 570. The number of fused-ring (bicyclic) bond motifs is 1. The summed E-state index contributed by atoms with van der Waals surface area (Å²) in [6, 6.07) is 6.73. The van der Waals surface area contributed by atoms with Crippen molar-refractivity contribution in [2.24, 2.45) is 5.73 Å². The smallest absolute Gasteiger partial charge is 0.404 e. The Morgan fingerprint density at radius 2 is 1.57 bits per heavy atom. The van der Waals surface area contributed by atoms with Crippen molar-refractivity contribution in [1.29, 1.82) is 0 Å². The van der Waals surface area contributed by atoms with E-state index < -0.39 is 6.09 Å². The number of nitrogens with zero attached hydrogens (tertiary/aromatic N) is 1. The van der Waals surface area contributed by atoms with Crippen LogP contribution in [0.5, 0.6) is 0 Å². The first-order chi connectivity index (χ1) is 10.1. The fraction of sp³-hybridized carbons (Fsp3) is 0.400. The van der Waals surface area contributed by atoms with Crippen molar-refractivity contribution in [1.82, 2.24) is 4.90 Å². The number of rotatable bonds is 2. The number of nitrogens with two attached hydrogens (primary N) is 1. The van der Waals surface area contributed by atoms with Crippen LogP contribution in [0, 0.1) is 0 Å². The van der Waals surface area contributed by atoms with E-state index in [4.69, 9.17) is 10.5 Å². The van der Waals surface area contributed by atoms with Crippen molar-refractivity contribution in [2.45, 2.75) is 37.8 Å². The van der Waals surface area contributed by atoms with Crippen LogP contribution in [0.3, 0.4) is 0 Å². The minimum atomic E-state index is -0.779. The van der Waals surface area contributed by atoms with E-state index in [-0.39, 0.29) is 24.0 Å². The minimum absolute atomic E-state index is 0.134. The van der Waals surface area contributed by atoms with E-state index in [2.05, 4.69) is 0 Å². The highest BCUT2D eigenvalue weighted by Gasteiger charge is 2.41. The molecule has 1 aliphatic heterocycles. The zero-order valence-electron chi connectivity index (χ0n) is 11.5. The van der Waals surface area contributed by atoms with Crippen molar-refractivity contribution in [3.05, 3.63) is 35.4 Å². The zero-order valence-corrected chi connectivity index (χ0v) is 11.5. The van der Waals surface area contributed by atoms with Crippen molar-refractivity contribution in [3.63, 3.8) is 0 Å². The van der Waals surface area contributed by atoms with Crippen molar-refractivity contribution in [3.8, 4) is 0 Å². The first kappa shape index (κ1) is 13.6. The number of hydrogen-bond acceptors (Lipinski definition) is 4. The van der Waals surface area contributed by atoms with Gasteiger partial charge in [-0.3, -0.25) is 14.5 Å². The monoisotopic (exact) mass is 288 g/mol. The van der Waals surface area contributed by atoms with E-state index in [1.807, 2.05) is 0 Å². The summed E-state index contributed by atoms with van der Waals surface area (Å²) in [6.07, 6.45) is 1.49. The standard InChI is InChI=1S/C15H16N2O4/c16-15(20)21-10-7-5-9(6-8-10)17-13(18)11-3-1-2-4-12(11)14(17)19/h1-4,9-10H,5-8H2,(H2,16,20). The fourth-order valence-electron chi connectivity index (χ4n) is 3.13. The molecule has 1 aromatic carbocycles. The Kier molecular flexibility index (Phi) is 3.37. The first-order valence-electron chi connectivity index (χ1n) is 7.01. The van der Waals surface area contributed by atoms with E-state index in [1.54, 1.807) is 24.3 Å². The molecule has 0 unspecified atom stereocenters. The highest BCUT2D eigenvalue weighted by Crippen LogP contribution is 2.31. The van der Waals surface area contributed by atoms with Gasteiger partial charge in [-0.15, -0.1) is 0 Å². The number of ether oxygens (including phenoxy) is 1. The molecule has 2 N–H and O–H groups in total. The molecule has 1 aromatic rings. The normalized spacial score (nSPS) is 24.9. The molecule has 0 radical (unpaired) electrons. The lowest BCUT2D eigenvalue weighted by Crippen LogP contribution is -2.43. The SMILES string of the molecule is NC(=O)OC1CCC(N2C(=O)c3ccccc3C2=O)CC1. The predicted molar refractivity (Wildman–Crippen MR) is 73.7 cm³/mol. The average molecular weight is 288 g/mol. The lowest BCUT2D eigenvalue weighted by Gasteiger charge is -2.32. The molecule has 3 amide bonds. The summed E-state index contributed by atoms with van der Waals surface area (Å²) >= 11 is 0. The molecule has 0 bridgehead atoms. The molecular weight excluding hydrogens is 272 g/mol. The molecule has 21 heavy (non-hydrogen) atoms. The minimum Gasteiger partial charge on any atom is -0.446 e. The molecule has 6 nitrogen and oxygen atoms in total. The van der Waals surface area contributed by atoms with Gasteiger partial charge in [0.2, 0.25) is 0 Å². The lowest BCUT2D eigenvalue weighted by atomic mass is 9.92. The van der Waals surface area contributed by atoms with Crippen LogP contribution in [-0.4, -0.2) is 35.0 Å². The van der Waals surface area contributed by atoms with Gasteiger partial charge in [0.05, 0.1) is 11.1 Å². The second-order valence-electron chi connectivity index (χ2n) is 5.39. The second-order valence-corrected chi connectivity index (χ2v) is 5.39. The van der Waals surface area contributed by atoms with Gasteiger partial charge in [-0.1, -0.05) is 12.1 Å². The summed E-state index contributed by atoms with van der Waals surface area (Å²) in [4.78, 5) is 36.8. The number of amides is 3. The van der Waals surface area contributed by atoms with Gasteiger partial charge in [-0.25, -0.2) is 4.79 Å². The van der Waals surface area contributed by atoms with Gasteiger partial charge in [0.1, 0.15) is 6.10 Å². The third kappa shape index (κ3) is 2.37. The van der Waals surface area contributed by atoms with Gasteiger partial charge < -0.3 is 10.5 Å². The van der Waals surface area contributed by atoms with Gasteiger partial charge in [-0.05, 0) is 37.8 Å². The summed E-state index contributed by atoms with van der Waals surface area (Å²) in [5.41, 5.74) is 5.94. The second kappa shape index (κ2) is 5.20. The number of imide groups is 1. The molecule has 110 valence electrons. The summed E-state index contributed by atoms with van der Waals surface area (Å²) < 4.78 is 4.97. The third-order valence-corrected chi connectivity index (χ3v) is 4.12. The van der Waals surface area contributed by atoms with Crippen LogP contribution in [0.1, 0.15) is 46.4 Å². The quantitative estimate of drug-likeness (QED) is 0.838. The van der Waals surface area contributed by atoms with Gasteiger partial charge in [0.15, 0.2) is 0 Å². The number of carbonyl (C=O) groups is 3. The van der Waals surface area contributed by atoms with Gasteiger partial charge in [0, 0.05) is 6.04 Å². The molecule has 6 heteroatoms. The Morgan fingerprint density at radius 1 is 1.05 bits per heavy atom. The Hall–Kier alpha value is -2.37. The first-order valence-corrected chi connectivity index (χ1v) is 7.01. The van der Waals surface area contributed by atoms with Crippen LogP contribution in [0.2, 0.25) is 0 Å². The molecular formula is C15H16N2O4. The largest absolute Gasteiger partial charge is 0.446 e. The maximum atomic E-state index is 12.4. The predicted octanol–water partition coefficient (Wildman–Crippen LogP) is 1.69. The van der Waals surface area contributed by atoms with Crippen LogP contribution in [-0.2, 0) is 4.74 Å². The molecule has 1 aliphatic carbocycles. The Labute approximate surface area is 121 Å². The van der Waals surface area contributed by atoms with Gasteiger partial charge in [0.25, 0.3) is 11.8 Å². The van der Waals surface area contributed by atoms with Gasteiger partial charge >= 0.3 is 6.09 Å². The molecule has 1 heterocycles. The molecule has 3 rings (SSSR count). The van der Waals surface area contributed by atoms with Crippen molar-refractivity contribution >= 4 is 17.9 Å². The third-order valence-electron chi connectivity index (χ3n) is 4.12. The number of carbonyl (C=O) groups excluding carboxylic acids is 3. The number of primary amides is 1. The molecule has 1 saturated carbocycles. The van der Waals surface area contributed by atoms with Crippen LogP contribution >= 0.6 is 0 Å². The summed E-state index contributed by atoms with van der Waals surface area (Å²) in [6.45, 7) is 0. The van der Waals surface area contributed by atoms with E-state index in [1.165, 1.54) is 4.90 Å². The molecule has 1 fully saturated rings. The number of benzene rings is 1. The van der Waals surface area contributed by atoms with Crippen LogP contribution in [0.4, 0.5) is 4.79 Å². The average Bonchev–Trinajstić information content (AvgIpc) is 2.72. The molecule has 0 spiro atoms. The van der Waals surface area contributed by atoms with E-state index >= 15 is 0 Å².